The highest BCUT2D eigenvalue weighted by atomic mass is 35.5. The molecule has 10 nitrogen and oxygen atoms in total. The first kappa shape index (κ1) is 29.6. The quantitative estimate of drug-likeness (QED) is 0.478. The van der Waals surface area contributed by atoms with Crippen molar-refractivity contribution in [2.75, 3.05) is 16.2 Å². The van der Waals surface area contributed by atoms with Gasteiger partial charge in [0.05, 0.1) is 12.2 Å². The zero-order valence-electron chi connectivity index (χ0n) is 19.8. The average Bonchev–Trinajstić information content (AvgIpc) is 3.17. The van der Waals surface area contributed by atoms with Gasteiger partial charge < -0.3 is 14.6 Å². The van der Waals surface area contributed by atoms with Crippen LogP contribution in [0.2, 0.25) is 5.15 Å². The van der Waals surface area contributed by atoms with Crippen LogP contribution < -0.4 is 14.4 Å². The molecule has 1 aliphatic rings. The van der Waals surface area contributed by atoms with Gasteiger partial charge in [-0.15, -0.1) is 0 Å². The van der Waals surface area contributed by atoms with Crippen molar-refractivity contribution in [1.29, 1.82) is 0 Å². The summed E-state index contributed by atoms with van der Waals surface area (Å²) < 4.78 is 117. The number of nitrogens with zero attached hydrogens (tertiary/aromatic N) is 3. The van der Waals surface area contributed by atoms with Gasteiger partial charge in [0.15, 0.2) is 17.4 Å². The molecule has 212 valence electrons. The number of halogens is 7. The highest BCUT2D eigenvalue weighted by molar-refractivity contribution is 7.93. The maximum Gasteiger partial charge on any atom is 0.427 e. The van der Waals surface area contributed by atoms with Gasteiger partial charge in [0.1, 0.15) is 10.6 Å². The van der Waals surface area contributed by atoms with Gasteiger partial charge in [0, 0.05) is 18.4 Å². The van der Waals surface area contributed by atoms with E-state index >= 15 is 0 Å². The first-order valence-corrected chi connectivity index (χ1v) is 12.5. The molecule has 0 saturated heterocycles. The third-order valence-corrected chi connectivity index (χ3v) is 7.57. The number of nitrogens with one attached hydrogen (secondary N) is 1. The normalized spacial score (nSPS) is 17.4. The molecular weight excluding hydrogens is 574 g/mol. The van der Waals surface area contributed by atoms with Gasteiger partial charge in [0.2, 0.25) is 5.60 Å². The minimum atomic E-state index is -5.17. The largest absolute Gasteiger partial charge is 0.483 e. The van der Waals surface area contributed by atoms with Crippen molar-refractivity contribution >= 4 is 39.1 Å². The summed E-state index contributed by atoms with van der Waals surface area (Å²) in [7, 11) is -4.73. The van der Waals surface area contributed by atoms with Crippen LogP contribution in [0.25, 0.3) is 0 Å². The predicted molar refractivity (Wildman–Crippen MR) is 121 cm³/mol. The molecule has 3 rings (SSSR count). The number of carbonyl (C=O) groups excluding carboxylic acids is 1. The molecule has 1 aromatic heterocycles. The van der Waals surface area contributed by atoms with Crippen molar-refractivity contribution in [2.45, 2.75) is 62.4 Å². The van der Waals surface area contributed by atoms with E-state index in [0.29, 0.717) is 18.2 Å². The molecule has 0 fully saturated rings. The molecule has 0 radical (unpaired) electrons. The van der Waals surface area contributed by atoms with Crippen LogP contribution in [0.5, 0.6) is 5.75 Å². The van der Waals surface area contributed by atoms with Gasteiger partial charge in [0.25, 0.3) is 10.0 Å². The van der Waals surface area contributed by atoms with Crippen LogP contribution in [-0.4, -0.2) is 66.1 Å². The van der Waals surface area contributed by atoms with Gasteiger partial charge in [-0.05, 0) is 39.0 Å². The number of anilines is 2. The summed E-state index contributed by atoms with van der Waals surface area (Å²) in [6, 6.07) is 2.92. The number of rotatable bonds is 6. The molecule has 2 aromatic rings. The highest BCUT2D eigenvalue weighted by Gasteiger charge is 2.51. The molecule has 0 spiro atoms. The van der Waals surface area contributed by atoms with Gasteiger partial charge in [-0.1, -0.05) is 11.6 Å². The minimum absolute atomic E-state index is 0.203. The first-order chi connectivity index (χ1) is 17.3. The number of ether oxygens (including phenoxy) is 2. The summed E-state index contributed by atoms with van der Waals surface area (Å²) in [5, 5.41) is 15.1. The molecule has 38 heavy (non-hydrogen) atoms. The SMILES string of the molecule is CCn1cc(S(=O)(=O)N2CC(C(O)C(F)(F)F)Oc3ccc(NC(=O)OC(C)(C)C(F)(F)F)cc32)c(Cl)n1. The third-order valence-electron chi connectivity index (χ3n) is 5.39. The van der Waals surface area contributed by atoms with Gasteiger partial charge in [-0.2, -0.15) is 31.4 Å². The fourth-order valence-electron chi connectivity index (χ4n) is 3.22. The summed E-state index contributed by atoms with van der Waals surface area (Å²) in [5.74, 6) is -0.443. The summed E-state index contributed by atoms with van der Waals surface area (Å²) in [6.07, 6.45) is -15.8. The number of aliphatic hydroxyl groups excluding tert-OH is 1. The number of amides is 1. The number of carbonyl (C=O) groups is 1. The molecule has 0 aliphatic carbocycles. The Bertz CT molecular complexity index is 1310. The smallest absolute Gasteiger partial charge is 0.427 e. The topological polar surface area (TPSA) is 123 Å². The molecule has 1 amide bonds. The number of hydrogen-bond donors (Lipinski definition) is 2. The van der Waals surface area contributed by atoms with Crippen LogP contribution >= 0.6 is 11.6 Å². The second-order valence-electron chi connectivity index (χ2n) is 8.52. The Morgan fingerprint density at radius 2 is 1.92 bits per heavy atom. The Kier molecular flexibility index (Phi) is 7.80. The first-order valence-electron chi connectivity index (χ1n) is 10.7. The molecule has 0 bridgehead atoms. The zero-order valence-corrected chi connectivity index (χ0v) is 21.3. The number of sulfonamides is 1. The Morgan fingerprint density at radius 3 is 2.45 bits per heavy atom. The molecule has 2 N–H and O–H groups in total. The molecule has 2 atom stereocenters. The number of fused-ring (bicyclic) bond motifs is 1. The molecular formula is C20H21ClF6N4O6S. The second-order valence-corrected chi connectivity index (χ2v) is 10.7. The lowest BCUT2D eigenvalue weighted by molar-refractivity contribution is -0.242. The Balaban J connectivity index is 2.03. The van der Waals surface area contributed by atoms with E-state index in [2.05, 4.69) is 9.84 Å². The van der Waals surface area contributed by atoms with E-state index in [0.717, 1.165) is 29.1 Å². The van der Waals surface area contributed by atoms with E-state index in [1.54, 1.807) is 6.92 Å². The van der Waals surface area contributed by atoms with Crippen LogP contribution in [0, 0.1) is 0 Å². The van der Waals surface area contributed by atoms with Crippen molar-refractivity contribution in [2.24, 2.45) is 0 Å². The van der Waals surface area contributed by atoms with Crippen LogP contribution in [0.15, 0.2) is 29.3 Å². The van der Waals surface area contributed by atoms with Crippen LogP contribution in [0.1, 0.15) is 20.8 Å². The van der Waals surface area contributed by atoms with Gasteiger partial charge in [-0.3, -0.25) is 14.3 Å². The monoisotopic (exact) mass is 594 g/mol. The summed E-state index contributed by atoms with van der Waals surface area (Å²) in [5.41, 5.74) is -3.55. The number of hydrogen-bond acceptors (Lipinski definition) is 7. The van der Waals surface area contributed by atoms with Gasteiger partial charge >= 0.3 is 18.4 Å². The Labute approximate surface area is 217 Å². The van der Waals surface area contributed by atoms with Crippen LogP contribution in [0.3, 0.4) is 0 Å². The van der Waals surface area contributed by atoms with E-state index in [4.69, 9.17) is 16.3 Å². The van der Waals surface area contributed by atoms with Crippen LogP contribution in [0.4, 0.5) is 42.5 Å². The molecule has 1 aromatic carbocycles. The lowest BCUT2D eigenvalue weighted by Crippen LogP contribution is -2.53. The number of alkyl halides is 6. The Morgan fingerprint density at radius 1 is 1.29 bits per heavy atom. The van der Waals surface area contributed by atoms with E-state index in [1.165, 1.54) is 0 Å². The maximum atomic E-state index is 13.5. The van der Waals surface area contributed by atoms with E-state index in [1.807, 2.05) is 5.32 Å². The molecule has 0 saturated carbocycles. The standard InChI is InChI=1S/C20H21ClF6N4O6S/c1-4-30-9-14(16(21)29-30)38(34,35)31-8-13(15(32)19(22,23)24)36-12-6-5-10(7-11(12)31)28-17(33)37-18(2,3)20(25,26)27/h5-7,9,13,15,32H,4,8H2,1-3H3,(H,28,33). The molecule has 18 heteroatoms. The van der Waals surface area contributed by atoms with Crippen LogP contribution in [-0.2, 0) is 21.3 Å². The van der Waals surface area contributed by atoms with E-state index < -0.39 is 74.3 Å². The molecule has 2 heterocycles. The fraction of sp³-hybridized carbons (Fsp3) is 0.500. The Hall–Kier alpha value is -2.92. The number of benzene rings is 1. The maximum absolute atomic E-state index is 13.5. The van der Waals surface area contributed by atoms with Crippen molar-refractivity contribution in [1.82, 2.24) is 9.78 Å². The van der Waals surface area contributed by atoms with E-state index in [9.17, 15) is 44.7 Å². The highest BCUT2D eigenvalue weighted by Crippen LogP contribution is 2.42. The lowest BCUT2D eigenvalue weighted by atomic mass is 10.1. The summed E-state index contributed by atoms with van der Waals surface area (Å²) >= 11 is 5.96. The third kappa shape index (κ3) is 5.88. The summed E-state index contributed by atoms with van der Waals surface area (Å²) in [4.78, 5) is 11.5. The van der Waals surface area contributed by atoms with Crippen molar-refractivity contribution in [3.8, 4) is 5.75 Å². The minimum Gasteiger partial charge on any atom is -0.483 e. The average molecular weight is 595 g/mol. The zero-order chi connectivity index (χ0) is 28.8. The summed E-state index contributed by atoms with van der Waals surface area (Å²) in [6.45, 7) is 1.99. The number of aryl methyl sites for hydroxylation is 1. The van der Waals surface area contributed by atoms with Crippen molar-refractivity contribution in [3.05, 3.63) is 29.5 Å². The predicted octanol–water partition coefficient (Wildman–Crippen LogP) is 4.33. The second kappa shape index (κ2) is 10.00. The molecule has 1 aliphatic heterocycles. The number of aromatic nitrogens is 2. The molecule has 2 unspecified atom stereocenters. The van der Waals surface area contributed by atoms with E-state index in [-0.39, 0.29) is 12.2 Å². The van der Waals surface area contributed by atoms with Crippen molar-refractivity contribution in [3.63, 3.8) is 0 Å². The van der Waals surface area contributed by atoms with Crippen molar-refractivity contribution < 1.29 is 54.1 Å². The number of aliphatic hydroxyl groups is 1. The lowest BCUT2D eigenvalue weighted by Gasteiger charge is -2.37. The van der Waals surface area contributed by atoms with Gasteiger partial charge in [-0.25, -0.2) is 13.2 Å². The fourth-order valence-corrected chi connectivity index (χ4v) is 5.15.